The van der Waals surface area contributed by atoms with Crippen LogP contribution < -0.4 is 11.5 Å². The molecule has 0 rings (SSSR count). The maximum absolute atomic E-state index is 10.0. The summed E-state index contributed by atoms with van der Waals surface area (Å²) in [5.41, 5.74) is 10.2. The van der Waals surface area contributed by atoms with Gasteiger partial charge < -0.3 is 21.7 Å². The minimum Gasteiger partial charge on any atom is -0.481 e. The quantitative estimate of drug-likeness (QED) is 0.511. The first-order valence-corrected chi connectivity index (χ1v) is 4.73. The summed E-state index contributed by atoms with van der Waals surface area (Å²) in [6, 6.07) is -0.713. The topological polar surface area (TPSA) is 127 Å². The van der Waals surface area contributed by atoms with Gasteiger partial charge in [-0.1, -0.05) is 13.8 Å². The van der Waals surface area contributed by atoms with Crippen molar-refractivity contribution in [2.24, 2.45) is 17.4 Å². The lowest BCUT2D eigenvalue weighted by Gasteiger charge is -2.07. The molecule has 15 heavy (non-hydrogen) atoms. The second kappa shape index (κ2) is 9.42. The zero-order valence-electron chi connectivity index (χ0n) is 9.14. The number of carbonyl (C=O) groups is 2. The molecule has 0 radical (unpaired) electrons. The summed E-state index contributed by atoms with van der Waals surface area (Å²) in [6.45, 7) is 4.02. The van der Waals surface area contributed by atoms with Crippen LogP contribution >= 0.6 is 0 Å². The minimum absolute atomic E-state index is 0.0208. The van der Waals surface area contributed by atoms with E-state index in [1.165, 1.54) is 0 Å². The van der Waals surface area contributed by atoms with Gasteiger partial charge in [0.25, 0.3) is 0 Å². The summed E-state index contributed by atoms with van der Waals surface area (Å²) < 4.78 is 0. The van der Waals surface area contributed by atoms with Crippen LogP contribution in [0.15, 0.2) is 0 Å². The Hall–Kier alpha value is -1.14. The van der Waals surface area contributed by atoms with E-state index in [1.54, 1.807) is 13.8 Å². The van der Waals surface area contributed by atoms with Crippen LogP contribution in [0.4, 0.5) is 0 Å². The molecule has 0 amide bonds. The van der Waals surface area contributed by atoms with Crippen LogP contribution in [-0.4, -0.2) is 34.7 Å². The Labute approximate surface area is 89.3 Å². The Morgan fingerprint density at radius 2 is 1.73 bits per heavy atom. The predicted molar refractivity (Wildman–Crippen MR) is 56.4 cm³/mol. The van der Waals surface area contributed by atoms with E-state index in [0.717, 1.165) is 0 Å². The molecule has 0 aromatic carbocycles. The maximum Gasteiger partial charge on any atom is 0.320 e. The molecular formula is C9H20N2O4. The number of carboxylic acid groups (broad SMARTS) is 2. The van der Waals surface area contributed by atoms with Crippen LogP contribution in [0.25, 0.3) is 0 Å². The molecule has 0 aromatic heterocycles. The van der Waals surface area contributed by atoms with Gasteiger partial charge in [-0.25, -0.2) is 0 Å². The van der Waals surface area contributed by atoms with Crippen molar-refractivity contribution in [3.8, 4) is 0 Å². The molecule has 6 nitrogen and oxygen atoms in total. The third-order valence-corrected chi connectivity index (χ3v) is 1.60. The average molecular weight is 220 g/mol. The molecule has 0 unspecified atom stereocenters. The summed E-state index contributed by atoms with van der Waals surface area (Å²) in [5, 5.41) is 16.2. The minimum atomic E-state index is -0.931. The van der Waals surface area contributed by atoms with Crippen LogP contribution in [0.3, 0.4) is 0 Å². The highest BCUT2D eigenvalue weighted by Gasteiger charge is 2.14. The van der Waals surface area contributed by atoms with Crippen molar-refractivity contribution in [2.75, 3.05) is 6.54 Å². The Morgan fingerprint density at radius 3 is 1.80 bits per heavy atom. The molecule has 0 fully saturated rings. The van der Waals surface area contributed by atoms with E-state index in [0.29, 0.717) is 13.0 Å². The highest BCUT2D eigenvalue weighted by Crippen LogP contribution is 1.96. The summed E-state index contributed by atoms with van der Waals surface area (Å²) in [6.07, 6.45) is 0.770. The molecule has 6 heteroatoms. The number of nitrogens with two attached hydrogens (primary N) is 2. The molecule has 90 valence electrons. The van der Waals surface area contributed by atoms with E-state index in [2.05, 4.69) is 0 Å². The Morgan fingerprint density at radius 1 is 1.27 bits per heavy atom. The molecule has 0 bridgehead atoms. The molecule has 0 aromatic rings. The van der Waals surface area contributed by atoms with Gasteiger partial charge in [0.1, 0.15) is 6.04 Å². The van der Waals surface area contributed by atoms with Crippen molar-refractivity contribution in [1.29, 1.82) is 0 Å². The van der Waals surface area contributed by atoms with Gasteiger partial charge in [0.05, 0.1) is 0 Å². The summed E-state index contributed by atoms with van der Waals surface area (Å²) >= 11 is 0. The van der Waals surface area contributed by atoms with Crippen LogP contribution in [0.5, 0.6) is 0 Å². The normalized spacial score (nSPS) is 11.5. The number of aliphatic carboxylic acids is 2. The maximum atomic E-state index is 10.0. The first kappa shape index (κ1) is 16.3. The molecule has 0 saturated carbocycles. The zero-order valence-corrected chi connectivity index (χ0v) is 9.14. The first-order valence-electron chi connectivity index (χ1n) is 4.73. The molecule has 0 spiro atoms. The van der Waals surface area contributed by atoms with Crippen LogP contribution in [0, 0.1) is 5.92 Å². The molecule has 0 aliphatic rings. The zero-order chi connectivity index (χ0) is 12.4. The Bertz CT molecular complexity index is 195. The molecule has 0 heterocycles. The smallest absolute Gasteiger partial charge is 0.320 e. The van der Waals surface area contributed by atoms with Gasteiger partial charge in [-0.15, -0.1) is 0 Å². The van der Waals surface area contributed by atoms with Crippen molar-refractivity contribution in [3.63, 3.8) is 0 Å². The third kappa shape index (κ3) is 12.9. The molecule has 1 atom stereocenters. The van der Waals surface area contributed by atoms with Crippen LogP contribution in [0.2, 0.25) is 0 Å². The van der Waals surface area contributed by atoms with Crippen molar-refractivity contribution >= 4 is 11.9 Å². The van der Waals surface area contributed by atoms with Gasteiger partial charge in [-0.05, 0) is 18.9 Å². The SMILES string of the molecule is CC(C)[C@H](N)C(=O)O.NCCCC(=O)O. The monoisotopic (exact) mass is 220 g/mol. The number of hydrogen-bond donors (Lipinski definition) is 4. The summed E-state index contributed by atoms with van der Waals surface area (Å²) in [7, 11) is 0. The van der Waals surface area contributed by atoms with Gasteiger partial charge in [-0.3, -0.25) is 9.59 Å². The third-order valence-electron chi connectivity index (χ3n) is 1.60. The van der Waals surface area contributed by atoms with Crippen LogP contribution in [0.1, 0.15) is 26.7 Å². The summed E-state index contributed by atoms with van der Waals surface area (Å²) in [5.74, 6) is -1.68. The van der Waals surface area contributed by atoms with Crippen molar-refractivity contribution in [3.05, 3.63) is 0 Å². The summed E-state index contributed by atoms with van der Waals surface area (Å²) in [4.78, 5) is 19.7. The second-order valence-corrected chi connectivity index (χ2v) is 3.39. The molecular weight excluding hydrogens is 200 g/mol. The van der Waals surface area contributed by atoms with E-state index in [9.17, 15) is 9.59 Å². The Kier molecular flexibility index (Phi) is 10.2. The fourth-order valence-corrected chi connectivity index (χ4v) is 0.538. The van der Waals surface area contributed by atoms with Crippen molar-refractivity contribution in [1.82, 2.24) is 0 Å². The lowest BCUT2D eigenvalue weighted by atomic mass is 10.1. The van der Waals surface area contributed by atoms with Crippen molar-refractivity contribution in [2.45, 2.75) is 32.7 Å². The predicted octanol–water partition coefficient (Wildman–Crippen LogP) is -0.136. The fraction of sp³-hybridized carbons (Fsp3) is 0.778. The first-order chi connectivity index (χ1) is 6.82. The van der Waals surface area contributed by atoms with Gasteiger partial charge in [0.15, 0.2) is 0 Å². The lowest BCUT2D eigenvalue weighted by molar-refractivity contribution is -0.139. The van der Waals surface area contributed by atoms with Gasteiger partial charge in [-0.2, -0.15) is 0 Å². The van der Waals surface area contributed by atoms with E-state index in [1.807, 2.05) is 0 Å². The fourth-order valence-electron chi connectivity index (χ4n) is 0.538. The van der Waals surface area contributed by atoms with E-state index >= 15 is 0 Å². The Balaban J connectivity index is 0. The lowest BCUT2D eigenvalue weighted by Crippen LogP contribution is -2.34. The van der Waals surface area contributed by atoms with E-state index < -0.39 is 18.0 Å². The van der Waals surface area contributed by atoms with Gasteiger partial charge in [0.2, 0.25) is 0 Å². The molecule has 0 aliphatic heterocycles. The van der Waals surface area contributed by atoms with Crippen LogP contribution in [-0.2, 0) is 9.59 Å². The van der Waals surface area contributed by atoms with E-state index in [-0.39, 0.29) is 12.3 Å². The highest BCUT2D eigenvalue weighted by molar-refractivity contribution is 5.73. The largest absolute Gasteiger partial charge is 0.481 e. The molecule has 6 N–H and O–H groups in total. The van der Waals surface area contributed by atoms with Gasteiger partial charge >= 0.3 is 11.9 Å². The second-order valence-electron chi connectivity index (χ2n) is 3.39. The average Bonchev–Trinajstić information content (AvgIpc) is 2.14. The number of carboxylic acids is 2. The highest BCUT2D eigenvalue weighted by atomic mass is 16.4. The van der Waals surface area contributed by atoms with Crippen molar-refractivity contribution < 1.29 is 19.8 Å². The van der Waals surface area contributed by atoms with Gasteiger partial charge in [0, 0.05) is 6.42 Å². The number of rotatable bonds is 5. The number of hydrogen-bond acceptors (Lipinski definition) is 4. The standard InChI is InChI=1S/C5H11NO2.C4H9NO2/c1-3(2)4(6)5(7)8;5-3-1-2-4(6)7/h3-4H,6H2,1-2H3,(H,7,8);1-3,5H2,(H,6,7)/t4-;/m0./s1. The molecule has 0 aliphatic carbocycles. The van der Waals surface area contributed by atoms with E-state index in [4.69, 9.17) is 21.7 Å². The molecule has 0 saturated heterocycles.